The number of halogens is 1. The Balaban J connectivity index is 2.48. The van der Waals surface area contributed by atoms with Gasteiger partial charge in [-0.05, 0) is 6.07 Å². The summed E-state index contributed by atoms with van der Waals surface area (Å²) in [6.07, 6.45) is 0.0930. The molecule has 1 aliphatic heterocycles. The maximum Gasteiger partial charge on any atom is 0.299 e. The Morgan fingerprint density at radius 2 is 1.95 bits per heavy atom. The third kappa shape index (κ3) is 2.48. The van der Waals surface area contributed by atoms with Crippen molar-refractivity contribution in [3.63, 3.8) is 0 Å². The Labute approximate surface area is 111 Å². The van der Waals surface area contributed by atoms with Gasteiger partial charge in [0.25, 0.3) is 11.4 Å². The number of anilines is 1. The van der Waals surface area contributed by atoms with Crippen LogP contribution in [0.25, 0.3) is 0 Å². The predicted molar refractivity (Wildman–Crippen MR) is 66.4 cm³/mol. The highest BCUT2D eigenvalue weighted by molar-refractivity contribution is 6.24. The number of benzene rings is 1. The number of amides is 1. The zero-order valence-corrected chi connectivity index (χ0v) is 10.2. The van der Waals surface area contributed by atoms with Gasteiger partial charge in [0.1, 0.15) is 5.69 Å². The second-order valence-corrected chi connectivity index (χ2v) is 4.61. The SMILES string of the molecule is O=C1CC(Cl)CN1c1ccc([N+](=O)[O-])cc1[N+](=O)[O-]. The Bertz CT molecular complexity index is 576. The van der Waals surface area contributed by atoms with Gasteiger partial charge in [-0.25, -0.2) is 0 Å². The van der Waals surface area contributed by atoms with Gasteiger partial charge < -0.3 is 4.90 Å². The Morgan fingerprint density at radius 1 is 1.26 bits per heavy atom. The summed E-state index contributed by atoms with van der Waals surface area (Å²) >= 11 is 5.82. The number of alkyl halides is 1. The van der Waals surface area contributed by atoms with Gasteiger partial charge in [0.05, 0.1) is 21.3 Å². The van der Waals surface area contributed by atoms with E-state index in [2.05, 4.69) is 0 Å². The van der Waals surface area contributed by atoms with Crippen LogP contribution >= 0.6 is 11.6 Å². The van der Waals surface area contributed by atoms with Crippen molar-refractivity contribution in [3.8, 4) is 0 Å². The monoisotopic (exact) mass is 285 g/mol. The minimum Gasteiger partial charge on any atom is -0.305 e. The van der Waals surface area contributed by atoms with E-state index < -0.39 is 26.6 Å². The van der Waals surface area contributed by atoms with Crippen molar-refractivity contribution in [3.05, 3.63) is 38.4 Å². The van der Waals surface area contributed by atoms with Crippen LogP contribution in [0.3, 0.4) is 0 Å². The molecule has 1 unspecified atom stereocenters. The summed E-state index contributed by atoms with van der Waals surface area (Å²) in [5, 5.41) is 21.1. The van der Waals surface area contributed by atoms with E-state index in [9.17, 15) is 25.0 Å². The summed E-state index contributed by atoms with van der Waals surface area (Å²) in [6.45, 7) is 0.152. The summed E-state index contributed by atoms with van der Waals surface area (Å²) in [6, 6.07) is 3.16. The van der Waals surface area contributed by atoms with Gasteiger partial charge in [0.15, 0.2) is 0 Å². The number of nitro benzene ring substituents is 2. The molecule has 0 aromatic heterocycles. The Kier molecular flexibility index (Phi) is 3.34. The standard InChI is InChI=1S/C10H8ClN3O5/c11-6-3-10(15)12(5-6)8-2-1-7(13(16)17)4-9(8)14(18)19/h1-2,4,6H,3,5H2. The first kappa shape index (κ1) is 13.2. The summed E-state index contributed by atoms with van der Waals surface area (Å²) in [7, 11) is 0. The molecule has 0 radical (unpaired) electrons. The molecule has 1 amide bonds. The van der Waals surface area contributed by atoms with Crippen LogP contribution in [-0.2, 0) is 4.79 Å². The van der Waals surface area contributed by atoms with E-state index in [1.165, 1.54) is 11.0 Å². The normalized spacial score (nSPS) is 18.7. The van der Waals surface area contributed by atoms with Gasteiger partial charge in [-0.2, -0.15) is 0 Å². The molecular formula is C10H8ClN3O5. The smallest absolute Gasteiger partial charge is 0.299 e. The molecule has 0 bridgehead atoms. The zero-order chi connectivity index (χ0) is 14.2. The first-order chi connectivity index (χ1) is 8.90. The van der Waals surface area contributed by atoms with Gasteiger partial charge in [0, 0.05) is 19.0 Å². The summed E-state index contributed by atoms with van der Waals surface area (Å²) in [4.78, 5) is 32.9. The lowest BCUT2D eigenvalue weighted by atomic mass is 10.2. The maximum absolute atomic E-state index is 11.7. The number of hydrogen-bond acceptors (Lipinski definition) is 5. The van der Waals surface area contributed by atoms with Crippen LogP contribution in [0, 0.1) is 20.2 Å². The van der Waals surface area contributed by atoms with E-state index >= 15 is 0 Å². The Morgan fingerprint density at radius 3 is 2.42 bits per heavy atom. The zero-order valence-electron chi connectivity index (χ0n) is 9.48. The van der Waals surface area contributed by atoms with Crippen molar-refractivity contribution in [2.45, 2.75) is 11.8 Å². The summed E-state index contributed by atoms with van der Waals surface area (Å²) in [5.74, 6) is -0.336. The minimum atomic E-state index is -0.753. The van der Waals surface area contributed by atoms with Crippen molar-refractivity contribution in [2.24, 2.45) is 0 Å². The number of hydrogen-bond donors (Lipinski definition) is 0. The van der Waals surface area contributed by atoms with Crippen molar-refractivity contribution >= 4 is 34.6 Å². The summed E-state index contributed by atoms with van der Waals surface area (Å²) < 4.78 is 0. The van der Waals surface area contributed by atoms with Gasteiger partial charge in [-0.1, -0.05) is 0 Å². The molecule has 1 aliphatic rings. The molecule has 1 fully saturated rings. The van der Waals surface area contributed by atoms with Crippen molar-refractivity contribution in [1.82, 2.24) is 0 Å². The molecule has 8 nitrogen and oxygen atoms in total. The molecule has 100 valence electrons. The second kappa shape index (κ2) is 4.81. The quantitative estimate of drug-likeness (QED) is 0.478. The second-order valence-electron chi connectivity index (χ2n) is 3.99. The third-order valence-electron chi connectivity index (χ3n) is 2.74. The van der Waals surface area contributed by atoms with Gasteiger partial charge in [-0.15, -0.1) is 11.6 Å². The molecule has 0 spiro atoms. The number of nitro groups is 2. The highest BCUT2D eigenvalue weighted by atomic mass is 35.5. The fraction of sp³-hybridized carbons (Fsp3) is 0.300. The minimum absolute atomic E-state index is 0.0313. The maximum atomic E-state index is 11.7. The predicted octanol–water partition coefficient (Wildman–Crippen LogP) is 1.85. The molecular weight excluding hydrogens is 278 g/mol. The fourth-order valence-corrected chi connectivity index (χ4v) is 2.17. The van der Waals surface area contributed by atoms with E-state index in [1.54, 1.807) is 0 Å². The average molecular weight is 286 g/mol. The lowest BCUT2D eigenvalue weighted by Crippen LogP contribution is -2.25. The van der Waals surface area contributed by atoms with E-state index in [0.717, 1.165) is 12.1 Å². The van der Waals surface area contributed by atoms with Crippen LogP contribution in [-0.4, -0.2) is 27.7 Å². The lowest BCUT2D eigenvalue weighted by molar-refractivity contribution is -0.393. The van der Waals surface area contributed by atoms with Gasteiger partial charge in [0.2, 0.25) is 5.91 Å². The van der Waals surface area contributed by atoms with Crippen LogP contribution in [0.5, 0.6) is 0 Å². The molecule has 2 rings (SSSR count). The van der Waals surface area contributed by atoms with Crippen LogP contribution < -0.4 is 4.90 Å². The van der Waals surface area contributed by atoms with E-state index in [-0.39, 0.29) is 24.6 Å². The highest BCUT2D eigenvalue weighted by Crippen LogP contribution is 2.35. The molecule has 0 saturated carbocycles. The molecule has 1 aromatic rings. The fourth-order valence-electron chi connectivity index (χ4n) is 1.90. The lowest BCUT2D eigenvalue weighted by Gasteiger charge is -2.15. The van der Waals surface area contributed by atoms with Crippen LogP contribution in [0.2, 0.25) is 0 Å². The number of nitrogens with zero attached hydrogens (tertiary/aromatic N) is 3. The molecule has 0 aliphatic carbocycles. The van der Waals surface area contributed by atoms with Gasteiger partial charge in [-0.3, -0.25) is 25.0 Å². The van der Waals surface area contributed by atoms with E-state index in [1.807, 2.05) is 0 Å². The summed E-state index contributed by atoms with van der Waals surface area (Å²) in [5.41, 5.74) is -0.846. The number of non-ortho nitro benzene ring substituents is 1. The third-order valence-corrected chi connectivity index (χ3v) is 3.03. The molecule has 0 N–H and O–H groups in total. The van der Waals surface area contributed by atoms with E-state index in [0.29, 0.717) is 0 Å². The van der Waals surface area contributed by atoms with Crippen molar-refractivity contribution in [2.75, 3.05) is 11.4 Å². The molecule has 1 aromatic carbocycles. The Hall–Kier alpha value is -2.22. The van der Waals surface area contributed by atoms with Crippen molar-refractivity contribution in [1.29, 1.82) is 0 Å². The topological polar surface area (TPSA) is 107 Å². The number of rotatable bonds is 3. The molecule has 1 heterocycles. The van der Waals surface area contributed by atoms with Crippen molar-refractivity contribution < 1.29 is 14.6 Å². The molecule has 9 heteroatoms. The van der Waals surface area contributed by atoms with Crippen LogP contribution in [0.1, 0.15) is 6.42 Å². The highest BCUT2D eigenvalue weighted by Gasteiger charge is 2.34. The molecule has 1 atom stereocenters. The van der Waals surface area contributed by atoms with E-state index in [4.69, 9.17) is 11.6 Å². The first-order valence-electron chi connectivity index (χ1n) is 5.27. The van der Waals surface area contributed by atoms with Crippen LogP contribution in [0.4, 0.5) is 17.1 Å². The van der Waals surface area contributed by atoms with Crippen LogP contribution in [0.15, 0.2) is 18.2 Å². The first-order valence-corrected chi connectivity index (χ1v) is 5.71. The molecule has 1 saturated heterocycles. The molecule has 19 heavy (non-hydrogen) atoms. The average Bonchev–Trinajstić information content (AvgIpc) is 2.67. The number of carbonyl (C=O) groups is 1. The largest absolute Gasteiger partial charge is 0.305 e. The van der Waals surface area contributed by atoms with Gasteiger partial charge >= 0.3 is 0 Å². The number of carbonyl (C=O) groups excluding carboxylic acids is 1.